The molecule has 2 aromatic carbocycles. The van der Waals surface area contributed by atoms with Crippen LogP contribution in [0.2, 0.25) is 0 Å². The van der Waals surface area contributed by atoms with Crippen molar-refractivity contribution in [2.75, 3.05) is 29.8 Å². The van der Waals surface area contributed by atoms with Crippen molar-refractivity contribution in [3.63, 3.8) is 0 Å². The summed E-state index contributed by atoms with van der Waals surface area (Å²) < 4.78 is 27.4. The normalized spacial score (nSPS) is 10.8. The molecule has 2 aromatic rings. The summed E-state index contributed by atoms with van der Waals surface area (Å²) in [6, 6.07) is 13.1. The number of ether oxygens (including phenoxy) is 1. The highest BCUT2D eigenvalue weighted by Crippen LogP contribution is 2.18. The van der Waals surface area contributed by atoms with Crippen molar-refractivity contribution in [1.29, 1.82) is 0 Å². The van der Waals surface area contributed by atoms with Gasteiger partial charge in [-0.05, 0) is 30.3 Å². The molecule has 0 saturated carbocycles. The van der Waals surface area contributed by atoms with Crippen LogP contribution < -0.4 is 15.4 Å². The van der Waals surface area contributed by atoms with Crippen LogP contribution in [0.3, 0.4) is 0 Å². The molecule has 0 radical (unpaired) electrons. The molecule has 0 atom stereocenters. The van der Waals surface area contributed by atoms with Crippen LogP contribution in [0.5, 0.6) is 5.75 Å². The molecular weight excluding hydrogens is 344 g/mol. The Morgan fingerprint density at radius 2 is 1.64 bits per heavy atom. The van der Waals surface area contributed by atoms with Crippen molar-refractivity contribution in [3.05, 3.63) is 54.1 Å². The van der Waals surface area contributed by atoms with Gasteiger partial charge in [-0.1, -0.05) is 12.1 Å². The quantitative estimate of drug-likeness (QED) is 0.818. The number of hydrogen-bond donors (Lipinski definition) is 2. The molecule has 132 valence electrons. The lowest BCUT2D eigenvalue weighted by Gasteiger charge is -2.09. The summed E-state index contributed by atoms with van der Waals surface area (Å²) >= 11 is 0. The lowest BCUT2D eigenvalue weighted by Crippen LogP contribution is -2.22. The molecule has 0 aliphatic rings. The Balaban J connectivity index is 2.09. The molecule has 7 nitrogen and oxygen atoms in total. The van der Waals surface area contributed by atoms with Gasteiger partial charge in [0.05, 0.1) is 7.11 Å². The van der Waals surface area contributed by atoms with Gasteiger partial charge in [-0.3, -0.25) is 9.59 Å². The summed E-state index contributed by atoms with van der Waals surface area (Å²) in [6.45, 7) is 0. The van der Waals surface area contributed by atoms with E-state index in [-0.39, 0.29) is 5.91 Å². The number of carbonyl (C=O) groups excluding carboxylic acids is 2. The smallest absolute Gasteiger partial charge is 0.255 e. The molecule has 2 rings (SSSR count). The van der Waals surface area contributed by atoms with Gasteiger partial charge in [0, 0.05) is 29.3 Å². The fourth-order valence-electron chi connectivity index (χ4n) is 2.08. The monoisotopic (exact) mass is 362 g/mol. The predicted octanol–water partition coefficient (Wildman–Crippen LogP) is 1.93. The number of hydrogen-bond acceptors (Lipinski definition) is 5. The van der Waals surface area contributed by atoms with Crippen molar-refractivity contribution in [2.45, 2.75) is 0 Å². The highest BCUT2D eigenvalue weighted by molar-refractivity contribution is 7.91. The molecule has 0 aliphatic carbocycles. The molecule has 0 fully saturated rings. The lowest BCUT2D eigenvalue weighted by molar-refractivity contribution is -0.113. The summed E-state index contributed by atoms with van der Waals surface area (Å²) in [4.78, 5) is 24.0. The second-order valence-corrected chi connectivity index (χ2v) is 7.53. The van der Waals surface area contributed by atoms with Gasteiger partial charge >= 0.3 is 0 Å². The van der Waals surface area contributed by atoms with E-state index in [0.717, 1.165) is 6.26 Å². The van der Waals surface area contributed by atoms with Crippen LogP contribution in [0.15, 0.2) is 48.5 Å². The molecule has 0 bridgehead atoms. The molecule has 8 heteroatoms. The van der Waals surface area contributed by atoms with Crippen LogP contribution in [-0.2, 0) is 14.6 Å². The molecule has 2 amide bonds. The average Bonchev–Trinajstić information content (AvgIpc) is 2.53. The number of nitrogens with one attached hydrogen (secondary N) is 2. The maximum Gasteiger partial charge on any atom is 0.255 e. The van der Waals surface area contributed by atoms with Crippen molar-refractivity contribution in [3.8, 4) is 5.75 Å². The number of carbonyl (C=O) groups is 2. The van der Waals surface area contributed by atoms with Crippen molar-refractivity contribution in [2.24, 2.45) is 0 Å². The van der Waals surface area contributed by atoms with Crippen molar-refractivity contribution >= 4 is 33.0 Å². The number of amides is 2. The number of benzene rings is 2. The van der Waals surface area contributed by atoms with E-state index in [2.05, 4.69) is 10.6 Å². The average molecular weight is 362 g/mol. The Morgan fingerprint density at radius 1 is 1.00 bits per heavy atom. The molecule has 0 heterocycles. The zero-order valence-corrected chi connectivity index (χ0v) is 14.6. The molecule has 25 heavy (non-hydrogen) atoms. The maximum atomic E-state index is 12.3. The minimum Gasteiger partial charge on any atom is -0.497 e. The third-order valence-corrected chi connectivity index (χ3v) is 3.92. The van der Waals surface area contributed by atoms with Gasteiger partial charge in [-0.25, -0.2) is 8.42 Å². The standard InChI is InChI=1S/C17H18N2O5S/c1-24-15-8-4-7-14(10-15)19-17(21)12-5-3-6-13(9-12)18-16(20)11-25(2,22)23/h3-10H,11H2,1-2H3,(H,18,20)(H,19,21). The number of sulfone groups is 1. The number of methoxy groups -OCH3 is 1. The minimum absolute atomic E-state index is 0.319. The summed E-state index contributed by atoms with van der Waals surface area (Å²) in [6.07, 6.45) is 0.977. The predicted molar refractivity (Wildman–Crippen MR) is 95.7 cm³/mol. The molecule has 0 spiro atoms. The van der Waals surface area contributed by atoms with E-state index >= 15 is 0 Å². The Bertz CT molecular complexity index is 893. The van der Waals surface area contributed by atoms with Gasteiger partial charge in [0.1, 0.15) is 11.5 Å². The van der Waals surface area contributed by atoms with Gasteiger partial charge in [0.15, 0.2) is 9.84 Å². The van der Waals surface area contributed by atoms with Crippen molar-refractivity contribution in [1.82, 2.24) is 0 Å². The van der Waals surface area contributed by atoms with Crippen LogP contribution in [0, 0.1) is 0 Å². The Labute approximate surface area is 145 Å². The van der Waals surface area contributed by atoms with Gasteiger partial charge in [-0.15, -0.1) is 0 Å². The molecule has 2 N–H and O–H groups in total. The first-order valence-corrected chi connectivity index (χ1v) is 9.36. The second kappa shape index (κ2) is 7.80. The fourth-order valence-corrected chi connectivity index (χ4v) is 2.63. The highest BCUT2D eigenvalue weighted by Gasteiger charge is 2.12. The topological polar surface area (TPSA) is 102 Å². The maximum absolute atomic E-state index is 12.3. The third kappa shape index (κ3) is 5.92. The third-order valence-electron chi connectivity index (χ3n) is 3.13. The van der Waals surface area contributed by atoms with E-state index in [4.69, 9.17) is 4.74 Å². The molecule has 0 saturated heterocycles. The summed E-state index contributed by atoms with van der Waals surface area (Å²) in [7, 11) is -1.89. The summed E-state index contributed by atoms with van der Waals surface area (Å²) in [5.41, 5.74) is 1.22. The number of anilines is 2. The zero-order chi connectivity index (χ0) is 18.4. The van der Waals surface area contributed by atoms with Gasteiger partial charge in [-0.2, -0.15) is 0 Å². The van der Waals surface area contributed by atoms with E-state index in [1.54, 1.807) is 42.5 Å². The fraction of sp³-hybridized carbons (Fsp3) is 0.176. The number of rotatable bonds is 6. The first-order chi connectivity index (χ1) is 11.8. The highest BCUT2D eigenvalue weighted by atomic mass is 32.2. The Kier molecular flexibility index (Phi) is 5.76. The molecule has 0 aromatic heterocycles. The van der Waals surface area contributed by atoms with Gasteiger partial charge < -0.3 is 15.4 Å². The molecule has 0 unspecified atom stereocenters. The van der Waals surface area contributed by atoms with Crippen LogP contribution in [0.4, 0.5) is 11.4 Å². The Morgan fingerprint density at radius 3 is 2.28 bits per heavy atom. The van der Waals surface area contributed by atoms with Crippen molar-refractivity contribution < 1.29 is 22.7 Å². The first kappa shape index (κ1) is 18.5. The molecular formula is C17H18N2O5S. The summed E-state index contributed by atoms with van der Waals surface area (Å²) in [5, 5.41) is 5.18. The van der Waals surface area contributed by atoms with E-state index < -0.39 is 21.5 Å². The molecule has 0 aliphatic heterocycles. The second-order valence-electron chi connectivity index (χ2n) is 5.39. The van der Waals surface area contributed by atoms with E-state index in [0.29, 0.717) is 22.7 Å². The van der Waals surface area contributed by atoms with Crippen LogP contribution in [0.25, 0.3) is 0 Å². The lowest BCUT2D eigenvalue weighted by atomic mass is 10.2. The SMILES string of the molecule is COc1cccc(NC(=O)c2cccc(NC(=O)CS(C)(=O)=O)c2)c1. The minimum atomic E-state index is -3.42. The Hall–Kier alpha value is -2.87. The van der Waals surface area contributed by atoms with Crippen LogP contribution in [-0.4, -0.2) is 39.4 Å². The van der Waals surface area contributed by atoms with Crippen LogP contribution in [0.1, 0.15) is 10.4 Å². The van der Waals surface area contributed by atoms with E-state index in [1.807, 2.05) is 0 Å². The van der Waals surface area contributed by atoms with E-state index in [1.165, 1.54) is 13.2 Å². The van der Waals surface area contributed by atoms with Gasteiger partial charge in [0.25, 0.3) is 5.91 Å². The van der Waals surface area contributed by atoms with Crippen LogP contribution >= 0.6 is 0 Å². The van der Waals surface area contributed by atoms with Gasteiger partial charge in [0.2, 0.25) is 5.91 Å². The zero-order valence-electron chi connectivity index (χ0n) is 13.8. The summed E-state index contributed by atoms with van der Waals surface area (Å²) in [5.74, 6) is -1.03. The van der Waals surface area contributed by atoms with E-state index in [9.17, 15) is 18.0 Å². The largest absolute Gasteiger partial charge is 0.497 e. The first-order valence-electron chi connectivity index (χ1n) is 7.30.